The number of carbonyl (C=O) groups excluding carboxylic acids is 4. The molecule has 6 heteroatoms. The highest BCUT2D eigenvalue weighted by atomic mass is 16.5. The van der Waals surface area contributed by atoms with E-state index in [1.807, 2.05) is 0 Å². The molecule has 0 saturated heterocycles. The summed E-state index contributed by atoms with van der Waals surface area (Å²) in [6.07, 6.45) is 0.291. The van der Waals surface area contributed by atoms with Gasteiger partial charge in [0.1, 0.15) is 11.8 Å². The molecule has 100 valence electrons. The van der Waals surface area contributed by atoms with Crippen molar-refractivity contribution in [2.24, 2.45) is 11.8 Å². The highest BCUT2D eigenvalue weighted by molar-refractivity contribution is 6.44. The summed E-state index contributed by atoms with van der Waals surface area (Å²) in [5, 5.41) is 0. The molecule has 0 amide bonds. The molecule has 0 aromatic heterocycles. The van der Waals surface area contributed by atoms with Crippen LogP contribution in [0.1, 0.15) is 26.7 Å². The van der Waals surface area contributed by atoms with Crippen LogP contribution in [0, 0.1) is 11.8 Å². The summed E-state index contributed by atoms with van der Waals surface area (Å²) in [6.45, 7) is 3.54. The molecule has 0 radical (unpaired) electrons. The Morgan fingerprint density at radius 3 is 1.56 bits per heavy atom. The summed E-state index contributed by atoms with van der Waals surface area (Å²) in [5.41, 5.74) is 0. The van der Waals surface area contributed by atoms with Gasteiger partial charge in [0.15, 0.2) is 0 Å². The first kappa shape index (κ1) is 14.3. The van der Waals surface area contributed by atoms with Gasteiger partial charge in [-0.05, 0) is 26.7 Å². The zero-order valence-electron chi connectivity index (χ0n) is 10.4. The zero-order valence-corrected chi connectivity index (χ0v) is 10.4. The minimum Gasteiger partial charge on any atom is -0.465 e. The number of hydrogen-bond acceptors (Lipinski definition) is 6. The molecule has 1 fully saturated rings. The van der Waals surface area contributed by atoms with Crippen LogP contribution in [0.3, 0.4) is 0 Å². The normalized spacial score (nSPS) is 23.7. The van der Waals surface area contributed by atoms with E-state index < -0.39 is 35.3 Å². The number of hydrogen-bond donors (Lipinski definition) is 0. The molecule has 0 aliphatic heterocycles. The Kier molecular flexibility index (Phi) is 5.00. The molecule has 0 bridgehead atoms. The molecular weight excluding hydrogens is 240 g/mol. The lowest BCUT2D eigenvalue weighted by Gasteiger charge is -2.23. The summed E-state index contributed by atoms with van der Waals surface area (Å²) in [5.74, 6) is -5.22. The van der Waals surface area contributed by atoms with Gasteiger partial charge >= 0.3 is 11.9 Å². The van der Waals surface area contributed by atoms with Crippen LogP contribution in [-0.4, -0.2) is 36.7 Å². The summed E-state index contributed by atoms with van der Waals surface area (Å²) < 4.78 is 9.43. The Labute approximate surface area is 105 Å². The fraction of sp³-hybridized carbons (Fsp3) is 0.667. The van der Waals surface area contributed by atoms with Crippen molar-refractivity contribution in [3.8, 4) is 0 Å². The van der Waals surface area contributed by atoms with Crippen molar-refractivity contribution in [1.29, 1.82) is 0 Å². The number of carbonyl (C=O) groups is 4. The number of ether oxygens (including phenoxy) is 2. The molecule has 1 aliphatic rings. The van der Waals surface area contributed by atoms with E-state index in [0.29, 0.717) is 0 Å². The van der Waals surface area contributed by atoms with Crippen molar-refractivity contribution >= 4 is 23.5 Å². The summed E-state index contributed by atoms with van der Waals surface area (Å²) >= 11 is 0. The van der Waals surface area contributed by atoms with E-state index in [4.69, 9.17) is 9.47 Å². The highest BCUT2D eigenvalue weighted by Gasteiger charge is 2.44. The van der Waals surface area contributed by atoms with Crippen LogP contribution in [0.15, 0.2) is 0 Å². The number of esters is 2. The maximum absolute atomic E-state index is 11.7. The second-order valence-electron chi connectivity index (χ2n) is 3.92. The van der Waals surface area contributed by atoms with Crippen molar-refractivity contribution in [2.75, 3.05) is 13.2 Å². The first-order valence-electron chi connectivity index (χ1n) is 5.94. The van der Waals surface area contributed by atoms with Gasteiger partial charge in [-0.2, -0.15) is 0 Å². The lowest BCUT2D eigenvalue weighted by atomic mass is 9.80. The summed E-state index contributed by atoms with van der Waals surface area (Å²) in [6, 6.07) is 0. The van der Waals surface area contributed by atoms with E-state index in [2.05, 4.69) is 0 Å². The number of rotatable bonds is 4. The average Bonchev–Trinajstić information content (AvgIpc) is 2.33. The third-order valence-electron chi connectivity index (χ3n) is 2.76. The smallest absolute Gasteiger partial charge is 0.316 e. The lowest BCUT2D eigenvalue weighted by molar-refractivity contribution is -0.163. The van der Waals surface area contributed by atoms with Gasteiger partial charge in [0.05, 0.1) is 13.2 Å². The van der Waals surface area contributed by atoms with Crippen LogP contribution in [0.5, 0.6) is 0 Å². The van der Waals surface area contributed by atoms with Crippen molar-refractivity contribution in [1.82, 2.24) is 0 Å². The second-order valence-corrected chi connectivity index (χ2v) is 3.92. The third-order valence-corrected chi connectivity index (χ3v) is 2.76. The van der Waals surface area contributed by atoms with Gasteiger partial charge in [-0.1, -0.05) is 0 Å². The van der Waals surface area contributed by atoms with Gasteiger partial charge in [-0.25, -0.2) is 0 Å². The van der Waals surface area contributed by atoms with Gasteiger partial charge in [-0.3, -0.25) is 19.2 Å². The Morgan fingerprint density at radius 1 is 0.944 bits per heavy atom. The maximum Gasteiger partial charge on any atom is 0.316 e. The molecule has 0 aromatic rings. The van der Waals surface area contributed by atoms with Crippen LogP contribution < -0.4 is 0 Å². The first-order chi connectivity index (χ1) is 8.52. The molecule has 0 spiro atoms. The predicted octanol–water partition coefficient (Wildman–Crippen LogP) is 0.277. The Morgan fingerprint density at radius 2 is 1.28 bits per heavy atom. The topological polar surface area (TPSA) is 86.7 Å². The van der Waals surface area contributed by atoms with E-state index >= 15 is 0 Å². The molecule has 2 atom stereocenters. The average molecular weight is 256 g/mol. The van der Waals surface area contributed by atoms with E-state index in [0.717, 1.165) is 0 Å². The van der Waals surface area contributed by atoms with Gasteiger partial charge in [0, 0.05) is 0 Å². The predicted molar refractivity (Wildman–Crippen MR) is 59.5 cm³/mol. The van der Waals surface area contributed by atoms with Gasteiger partial charge in [-0.15, -0.1) is 0 Å². The molecule has 0 aromatic carbocycles. The maximum atomic E-state index is 11.7. The summed E-state index contributed by atoms with van der Waals surface area (Å²) in [4.78, 5) is 46.3. The van der Waals surface area contributed by atoms with Crippen molar-refractivity contribution in [3.63, 3.8) is 0 Å². The van der Waals surface area contributed by atoms with Gasteiger partial charge in [0.2, 0.25) is 11.6 Å². The Bertz CT molecular complexity index is 337. The molecule has 1 rings (SSSR count). The van der Waals surface area contributed by atoms with Gasteiger partial charge in [0.25, 0.3) is 0 Å². The van der Waals surface area contributed by atoms with E-state index in [1.165, 1.54) is 0 Å². The number of Topliss-reactive ketones (excluding diaryl/α,β-unsaturated/α-hetero) is 2. The van der Waals surface area contributed by atoms with E-state index in [9.17, 15) is 19.2 Å². The fourth-order valence-electron chi connectivity index (χ4n) is 1.87. The van der Waals surface area contributed by atoms with Gasteiger partial charge < -0.3 is 9.47 Å². The Balaban J connectivity index is 2.72. The van der Waals surface area contributed by atoms with Crippen LogP contribution in [-0.2, 0) is 28.7 Å². The van der Waals surface area contributed by atoms with Crippen LogP contribution in [0.25, 0.3) is 0 Å². The van der Waals surface area contributed by atoms with Crippen LogP contribution in [0.2, 0.25) is 0 Å². The Hall–Kier alpha value is -1.72. The molecule has 6 nitrogen and oxygen atoms in total. The third kappa shape index (κ3) is 2.94. The standard InChI is InChI=1S/C12H16O6/c1-3-17-11(15)7-5-6-8(10(14)9(7)13)12(16)18-4-2/h7-8H,3-6H2,1-2H3. The minimum absolute atomic E-state index is 0.146. The van der Waals surface area contributed by atoms with Crippen molar-refractivity contribution in [2.45, 2.75) is 26.7 Å². The number of ketones is 2. The highest BCUT2D eigenvalue weighted by Crippen LogP contribution is 2.25. The molecule has 1 aliphatic carbocycles. The zero-order chi connectivity index (χ0) is 13.7. The fourth-order valence-corrected chi connectivity index (χ4v) is 1.87. The second kappa shape index (κ2) is 6.28. The summed E-state index contributed by atoms with van der Waals surface area (Å²) in [7, 11) is 0. The monoisotopic (exact) mass is 256 g/mol. The lowest BCUT2D eigenvalue weighted by Crippen LogP contribution is -2.43. The van der Waals surface area contributed by atoms with Crippen LogP contribution in [0.4, 0.5) is 0 Å². The molecule has 2 unspecified atom stereocenters. The van der Waals surface area contributed by atoms with E-state index in [1.54, 1.807) is 13.8 Å². The SMILES string of the molecule is CCOC(=O)C1CCC(C(=O)OCC)C(=O)C1=O. The van der Waals surface area contributed by atoms with E-state index in [-0.39, 0.29) is 26.1 Å². The van der Waals surface area contributed by atoms with Crippen molar-refractivity contribution in [3.05, 3.63) is 0 Å². The molecule has 0 N–H and O–H groups in total. The molecular formula is C12H16O6. The minimum atomic E-state index is -1.07. The first-order valence-corrected chi connectivity index (χ1v) is 5.94. The molecule has 18 heavy (non-hydrogen) atoms. The molecule has 0 heterocycles. The molecule has 1 saturated carbocycles. The van der Waals surface area contributed by atoms with Crippen molar-refractivity contribution < 1.29 is 28.7 Å². The quantitative estimate of drug-likeness (QED) is 0.408. The van der Waals surface area contributed by atoms with Crippen LogP contribution >= 0.6 is 0 Å². The largest absolute Gasteiger partial charge is 0.465 e.